The van der Waals surface area contributed by atoms with Crippen LogP contribution in [0.4, 0.5) is 4.39 Å². The molecule has 32 heavy (non-hydrogen) atoms. The molecule has 0 N–H and O–H groups in total. The van der Waals surface area contributed by atoms with Crippen LogP contribution in [-0.2, 0) is 6.61 Å². The van der Waals surface area contributed by atoms with E-state index in [4.69, 9.17) is 30.2 Å². The molecule has 0 atom stereocenters. The summed E-state index contributed by atoms with van der Waals surface area (Å²) in [5, 5.41) is 1.06. The minimum atomic E-state index is -0.471. The monoisotopic (exact) mass is 454 g/mol. The molecule has 4 aromatic rings. The summed E-state index contributed by atoms with van der Waals surface area (Å²) < 4.78 is 35.2. The molecule has 1 heterocycles. The van der Waals surface area contributed by atoms with E-state index in [1.807, 2.05) is 13.0 Å². The van der Waals surface area contributed by atoms with Gasteiger partial charge in [-0.05, 0) is 54.4 Å². The van der Waals surface area contributed by atoms with E-state index in [1.54, 1.807) is 43.5 Å². The van der Waals surface area contributed by atoms with Crippen LogP contribution in [0.25, 0.3) is 22.1 Å². The van der Waals surface area contributed by atoms with Crippen molar-refractivity contribution in [2.45, 2.75) is 13.5 Å². The van der Waals surface area contributed by atoms with E-state index in [9.17, 15) is 9.18 Å². The summed E-state index contributed by atoms with van der Waals surface area (Å²) in [5.74, 6) is 1.18. The Balaban J connectivity index is 1.68. The molecular weight excluding hydrogens is 435 g/mol. The molecule has 0 saturated heterocycles. The molecule has 0 aliphatic rings. The smallest absolute Gasteiger partial charge is 0.344 e. The topological polar surface area (TPSA) is 57.9 Å². The summed E-state index contributed by atoms with van der Waals surface area (Å²) in [7, 11) is 3.09. The number of rotatable bonds is 6. The summed E-state index contributed by atoms with van der Waals surface area (Å²) in [6.45, 7) is 2.02. The molecule has 0 bridgehead atoms. The first kappa shape index (κ1) is 21.7. The standard InChI is InChI=1S/C25H20ClFO5/c1-14-19-8-7-18(31-13-16-4-6-17(27)11-20(16)26)12-22(19)32-25(28)24(14)15-5-9-21(29-2)23(10-15)30-3/h4-12H,13H2,1-3H3. The lowest BCUT2D eigenvalue weighted by Crippen LogP contribution is -2.06. The predicted molar refractivity (Wildman–Crippen MR) is 122 cm³/mol. The third-order valence-electron chi connectivity index (χ3n) is 5.22. The number of benzene rings is 3. The molecule has 0 spiro atoms. The zero-order chi connectivity index (χ0) is 22.8. The molecule has 4 rings (SSSR count). The lowest BCUT2D eigenvalue weighted by atomic mass is 9.99. The molecule has 164 valence electrons. The fraction of sp³-hybridized carbons (Fsp3) is 0.160. The van der Waals surface area contributed by atoms with Gasteiger partial charge in [-0.3, -0.25) is 0 Å². The Hall–Kier alpha value is -3.51. The second-order valence-electron chi connectivity index (χ2n) is 7.14. The Bertz CT molecular complexity index is 1360. The Morgan fingerprint density at radius 2 is 1.75 bits per heavy atom. The van der Waals surface area contributed by atoms with Crippen LogP contribution in [0.5, 0.6) is 17.2 Å². The first-order chi connectivity index (χ1) is 15.4. The van der Waals surface area contributed by atoms with Gasteiger partial charge in [-0.25, -0.2) is 9.18 Å². The molecule has 0 amide bonds. The Labute approximate surface area is 188 Å². The Morgan fingerprint density at radius 1 is 0.969 bits per heavy atom. The SMILES string of the molecule is COc1ccc(-c2c(C)c3ccc(OCc4ccc(F)cc4Cl)cc3oc2=O)cc1OC. The van der Waals surface area contributed by atoms with Crippen LogP contribution in [0.1, 0.15) is 11.1 Å². The Morgan fingerprint density at radius 3 is 2.47 bits per heavy atom. The molecule has 7 heteroatoms. The van der Waals surface area contributed by atoms with E-state index in [0.29, 0.717) is 39.5 Å². The maximum atomic E-state index is 13.2. The lowest BCUT2D eigenvalue weighted by molar-refractivity contribution is 0.306. The number of hydrogen-bond donors (Lipinski definition) is 0. The van der Waals surface area contributed by atoms with Crippen LogP contribution in [0.2, 0.25) is 5.02 Å². The van der Waals surface area contributed by atoms with Gasteiger partial charge in [-0.2, -0.15) is 0 Å². The van der Waals surface area contributed by atoms with Crippen LogP contribution in [0.15, 0.2) is 63.8 Å². The van der Waals surface area contributed by atoms with Crippen LogP contribution in [-0.4, -0.2) is 14.2 Å². The van der Waals surface area contributed by atoms with Crippen molar-refractivity contribution in [3.8, 4) is 28.4 Å². The average Bonchev–Trinajstić information content (AvgIpc) is 2.78. The number of fused-ring (bicyclic) bond motifs is 1. The second kappa shape index (κ2) is 8.93. The van der Waals surface area contributed by atoms with Crippen LogP contribution >= 0.6 is 11.6 Å². The molecule has 0 aliphatic heterocycles. The summed E-state index contributed by atoms with van der Waals surface area (Å²) >= 11 is 6.05. The van der Waals surface area contributed by atoms with Gasteiger partial charge in [0.1, 0.15) is 23.8 Å². The van der Waals surface area contributed by atoms with E-state index >= 15 is 0 Å². The largest absolute Gasteiger partial charge is 0.493 e. The van der Waals surface area contributed by atoms with Gasteiger partial charge >= 0.3 is 5.63 Å². The normalized spacial score (nSPS) is 10.9. The van der Waals surface area contributed by atoms with E-state index < -0.39 is 11.4 Å². The van der Waals surface area contributed by atoms with E-state index in [-0.39, 0.29) is 11.6 Å². The molecule has 5 nitrogen and oxygen atoms in total. The summed E-state index contributed by atoms with van der Waals surface area (Å²) in [5.41, 5.74) is 2.47. The maximum absolute atomic E-state index is 13.2. The predicted octanol–water partition coefficient (Wildman–Crippen LogP) is 6.16. The third-order valence-corrected chi connectivity index (χ3v) is 5.57. The summed E-state index contributed by atoms with van der Waals surface area (Å²) in [4.78, 5) is 12.8. The molecule has 0 aliphatic carbocycles. The second-order valence-corrected chi connectivity index (χ2v) is 7.55. The fourth-order valence-corrected chi connectivity index (χ4v) is 3.77. The molecule has 3 aromatic carbocycles. The van der Waals surface area contributed by atoms with Gasteiger partial charge in [-0.1, -0.05) is 23.7 Å². The van der Waals surface area contributed by atoms with Gasteiger partial charge in [0.05, 0.1) is 24.8 Å². The van der Waals surface area contributed by atoms with Gasteiger partial charge in [0.2, 0.25) is 0 Å². The zero-order valence-electron chi connectivity index (χ0n) is 17.7. The van der Waals surface area contributed by atoms with Gasteiger partial charge in [0.15, 0.2) is 11.5 Å². The molecule has 0 unspecified atom stereocenters. The highest BCUT2D eigenvalue weighted by Crippen LogP contribution is 2.34. The minimum Gasteiger partial charge on any atom is -0.493 e. The van der Waals surface area contributed by atoms with Crippen LogP contribution in [0, 0.1) is 12.7 Å². The molecule has 0 fully saturated rings. The van der Waals surface area contributed by atoms with Gasteiger partial charge in [0, 0.05) is 17.0 Å². The number of methoxy groups -OCH3 is 2. The number of hydrogen-bond acceptors (Lipinski definition) is 5. The highest BCUT2D eigenvalue weighted by atomic mass is 35.5. The summed E-state index contributed by atoms with van der Waals surface area (Å²) in [6, 6.07) is 14.7. The van der Waals surface area contributed by atoms with Crippen LogP contribution in [0.3, 0.4) is 0 Å². The van der Waals surface area contributed by atoms with Gasteiger partial charge in [0.25, 0.3) is 0 Å². The minimum absolute atomic E-state index is 0.150. The first-order valence-electron chi connectivity index (χ1n) is 9.78. The van der Waals surface area contributed by atoms with Crippen molar-refractivity contribution in [2.75, 3.05) is 14.2 Å². The van der Waals surface area contributed by atoms with E-state index in [0.717, 1.165) is 10.9 Å². The lowest BCUT2D eigenvalue weighted by Gasteiger charge is -2.13. The zero-order valence-corrected chi connectivity index (χ0v) is 18.5. The quantitative estimate of drug-likeness (QED) is 0.327. The van der Waals surface area contributed by atoms with Crippen molar-refractivity contribution in [2.24, 2.45) is 0 Å². The van der Waals surface area contributed by atoms with Crippen molar-refractivity contribution in [3.05, 3.63) is 87.0 Å². The maximum Gasteiger partial charge on any atom is 0.344 e. The highest BCUT2D eigenvalue weighted by Gasteiger charge is 2.16. The van der Waals surface area contributed by atoms with E-state index in [2.05, 4.69) is 0 Å². The van der Waals surface area contributed by atoms with Crippen molar-refractivity contribution < 1.29 is 23.0 Å². The van der Waals surface area contributed by atoms with Gasteiger partial charge in [-0.15, -0.1) is 0 Å². The fourth-order valence-electron chi connectivity index (χ4n) is 3.55. The highest BCUT2D eigenvalue weighted by molar-refractivity contribution is 6.31. The third kappa shape index (κ3) is 4.14. The van der Waals surface area contributed by atoms with Gasteiger partial charge < -0.3 is 18.6 Å². The summed E-state index contributed by atoms with van der Waals surface area (Å²) in [6.07, 6.45) is 0. The molecule has 1 aromatic heterocycles. The molecule has 0 radical (unpaired) electrons. The van der Waals surface area contributed by atoms with Crippen molar-refractivity contribution in [1.29, 1.82) is 0 Å². The van der Waals surface area contributed by atoms with Crippen molar-refractivity contribution in [3.63, 3.8) is 0 Å². The number of aryl methyl sites for hydroxylation is 1. The van der Waals surface area contributed by atoms with Crippen molar-refractivity contribution in [1.82, 2.24) is 0 Å². The Kier molecular flexibility index (Phi) is 6.06. The average molecular weight is 455 g/mol. The number of ether oxygens (including phenoxy) is 3. The molecule has 0 saturated carbocycles. The van der Waals surface area contributed by atoms with Crippen molar-refractivity contribution >= 4 is 22.6 Å². The van der Waals surface area contributed by atoms with Crippen LogP contribution < -0.4 is 19.8 Å². The number of halogens is 2. The van der Waals surface area contributed by atoms with E-state index in [1.165, 1.54) is 19.2 Å². The first-order valence-corrected chi connectivity index (χ1v) is 10.2. The molecular formula is C25H20ClFO5.